The summed E-state index contributed by atoms with van der Waals surface area (Å²) < 4.78 is 25.4. The van der Waals surface area contributed by atoms with Crippen LogP contribution in [0.4, 0.5) is 4.39 Å². The first-order valence-corrected chi connectivity index (χ1v) is 13.0. The van der Waals surface area contributed by atoms with Gasteiger partial charge in [0.2, 0.25) is 5.78 Å². The van der Waals surface area contributed by atoms with Gasteiger partial charge in [-0.3, -0.25) is 9.18 Å². The molecule has 1 saturated heterocycles. The summed E-state index contributed by atoms with van der Waals surface area (Å²) in [5.41, 5.74) is 3.96. The normalized spacial score (nSPS) is 14.1. The van der Waals surface area contributed by atoms with E-state index >= 15 is 0 Å². The number of benzene rings is 3. The Hall–Kier alpha value is -3.22. The SMILES string of the molecule is COc1ccc2c(Oc3ccc(CCN4CC(CF)C4)cc3)c(C(=O)c3ccc(C)cc3C)sc2c1. The summed E-state index contributed by atoms with van der Waals surface area (Å²) >= 11 is 1.43. The summed E-state index contributed by atoms with van der Waals surface area (Å²) in [4.78, 5) is 16.5. The van der Waals surface area contributed by atoms with Crippen LogP contribution in [0, 0.1) is 19.8 Å². The summed E-state index contributed by atoms with van der Waals surface area (Å²) in [7, 11) is 1.64. The maximum Gasteiger partial charge on any atom is 0.207 e. The monoisotopic (exact) mass is 503 g/mol. The second-order valence-corrected chi connectivity index (χ2v) is 10.6. The molecule has 0 amide bonds. The van der Waals surface area contributed by atoms with Gasteiger partial charge in [-0.25, -0.2) is 0 Å². The van der Waals surface area contributed by atoms with E-state index in [2.05, 4.69) is 17.0 Å². The van der Waals surface area contributed by atoms with Gasteiger partial charge in [-0.15, -0.1) is 11.3 Å². The molecule has 0 radical (unpaired) electrons. The van der Waals surface area contributed by atoms with Gasteiger partial charge >= 0.3 is 0 Å². The highest BCUT2D eigenvalue weighted by Crippen LogP contribution is 2.43. The number of ether oxygens (including phenoxy) is 2. The van der Waals surface area contributed by atoms with Crippen LogP contribution in [0.25, 0.3) is 10.1 Å². The number of rotatable bonds is 9. The van der Waals surface area contributed by atoms with Crippen LogP contribution >= 0.6 is 11.3 Å². The predicted molar refractivity (Wildman–Crippen MR) is 144 cm³/mol. The minimum atomic E-state index is -0.222. The molecule has 5 rings (SSSR count). The number of halogens is 1. The lowest BCUT2D eigenvalue weighted by Gasteiger charge is -2.37. The van der Waals surface area contributed by atoms with Gasteiger partial charge in [0.05, 0.1) is 13.8 Å². The highest BCUT2D eigenvalue weighted by Gasteiger charge is 2.26. The first kappa shape index (κ1) is 24.5. The molecule has 0 spiro atoms. The summed E-state index contributed by atoms with van der Waals surface area (Å²) in [6, 6.07) is 19.7. The number of thiophene rings is 1. The number of carbonyl (C=O) groups is 1. The molecule has 1 aliphatic heterocycles. The van der Waals surface area contributed by atoms with E-state index in [1.165, 1.54) is 16.9 Å². The number of hydrogen-bond donors (Lipinski definition) is 0. The first-order valence-electron chi connectivity index (χ1n) is 12.2. The molecule has 0 N–H and O–H groups in total. The molecule has 4 nitrogen and oxygen atoms in total. The van der Waals surface area contributed by atoms with Crippen molar-refractivity contribution >= 4 is 27.2 Å². The Bertz CT molecular complexity index is 1390. The molecule has 0 bridgehead atoms. The molecular weight excluding hydrogens is 473 g/mol. The number of methoxy groups -OCH3 is 1. The van der Waals surface area contributed by atoms with E-state index in [-0.39, 0.29) is 18.4 Å². The summed E-state index contributed by atoms with van der Waals surface area (Å²) in [5.74, 6) is 2.17. The third-order valence-corrected chi connectivity index (χ3v) is 7.93. The predicted octanol–water partition coefficient (Wildman–Crippen LogP) is 6.99. The van der Waals surface area contributed by atoms with Gasteiger partial charge in [0.15, 0.2) is 5.75 Å². The van der Waals surface area contributed by atoms with Crippen LogP contribution in [-0.2, 0) is 6.42 Å². The number of hydrogen-bond acceptors (Lipinski definition) is 5. The third kappa shape index (κ3) is 5.01. The largest absolute Gasteiger partial charge is 0.497 e. The lowest BCUT2D eigenvalue weighted by molar-refractivity contribution is 0.0824. The molecule has 1 fully saturated rings. The molecule has 0 aliphatic carbocycles. The molecule has 3 aromatic carbocycles. The topological polar surface area (TPSA) is 38.8 Å². The molecule has 4 aromatic rings. The van der Waals surface area contributed by atoms with Crippen molar-refractivity contribution in [1.29, 1.82) is 0 Å². The average Bonchev–Trinajstić information content (AvgIpc) is 3.21. The van der Waals surface area contributed by atoms with Crippen LogP contribution in [0.3, 0.4) is 0 Å². The van der Waals surface area contributed by atoms with E-state index < -0.39 is 0 Å². The molecule has 0 unspecified atom stereocenters. The molecule has 1 aromatic heterocycles. The van der Waals surface area contributed by atoms with E-state index in [4.69, 9.17) is 9.47 Å². The summed E-state index contributed by atoms with van der Waals surface area (Å²) in [6.07, 6.45) is 0.914. The van der Waals surface area contributed by atoms with Crippen molar-refractivity contribution in [2.45, 2.75) is 20.3 Å². The van der Waals surface area contributed by atoms with Gasteiger partial charge in [0.25, 0.3) is 0 Å². The zero-order valence-electron chi connectivity index (χ0n) is 20.8. The Labute approximate surface area is 215 Å². The Morgan fingerprint density at radius 3 is 2.47 bits per heavy atom. The number of nitrogens with zero attached hydrogens (tertiary/aromatic N) is 1. The number of ketones is 1. The fraction of sp³-hybridized carbons (Fsp3) is 0.300. The Kier molecular flexibility index (Phi) is 7.08. The molecule has 0 atom stereocenters. The van der Waals surface area contributed by atoms with Crippen LogP contribution in [0.5, 0.6) is 17.2 Å². The number of carbonyl (C=O) groups excluding carboxylic acids is 1. The van der Waals surface area contributed by atoms with Crippen molar-refractivity contribution in [3.8, 4) is 17.2 Å². The van der Waals surface area contributed by atoms with Crippen molar-refractivity contribution in [2.24, 2.45) is 5.92 Å². The molecule has 2 heterocycles. The van der Waals surface area contributed by atoms with E-state index in [9.17, 15) is 9.18 Å². The zero-order chi connectivity index (χ0) is 25.2. The second-order valence-electron chi connectivity index (χ2n) is 9.55. The van der Waals surface area contributed by atoms with Crippen molar-refractivity contribution in [3.05, 3.63) is 87.8 Å². The Morgan fingerprint density at radius 1 is 1.03 bits per heavy atom. The molecule has 186 valence electrons. The minimum absolute atomic E-state index is 0.0413. The number of fused-ring (bicyclic) bond motifs is 1. The van der Waals surface area contributed by atoms with Gasteiger partial charge in [-0.2, -0.15) is 0 Å². The fourth-order valence-corrected chi connectivity index (χ4v) is 5.82. The quantitative estimate of drug-likeness (QED) is 0.231. The van der Waals surface area contributed by atoms with Crippen molar-refractivity contribution in [1.82, 2.24) is 4.90 Å². The van der Waals surface area contributed by atoms with Gasteiger partial charge in [-0.05, 0) is 61.7 Å². The summed E-state index contributed by atoms with van der Waals surface area (Å²) in [5, 5.41) is 0.887. The third-order valence-electron chi connectivity index (χ3n) is 6.80. The fourth-order valence-electron chi connectivity index (χ4n) is 4.71. The van der Waals surface area contributed by atoms with Crippen LogP contribution in [0.2, 0.25) is 0 Å². The Balaban J connectivity index is 1.41. The zero-order valence-corrected chi connectivity index (χ0v) is 21.7. The van der Waals surface area contributed by atoms with Crippen molar-refractivity contribution < 1.29 is 18.7 Å². The van der Waals surface area contributed by atoms with Gasteiger partial charge in [0, 0.05) is 41.2 Å². The standard InChI is InChI=1S/C30H30FNO3S/c1-19-4-10-25(20(2)14-19)28(33)30-29(26-11-9-24(34-3)15-27(26)36-30)35-23-7-5-21(6-8-23)12-13-32-17-22(16-31)18-32/h4-11,14-15,22H,12-13,16-18H2,1-3H3. The van der Waals surface area contributed by atoms with Gasteiger partial charge in [-0.1, -0.05) is 35.9 Å². The number of alkyl halides is 1. The lowest BCUT2D eigenvalue weighted by atomic mass is 10.0. The highest BCUT2D eigenvalue weighted by molar-refractivity contribution is 7.21. The minimum Gasteiger partial charge on any atom is -0.497 e. The number of aryl methyl sites for hydroxylation is 2. The van der Waals surface area contributed by atoms with E-state index in [0.29, 0.717) is 21.9 Å². The first-order chi connectivity index (χ1) is 17.4. The van der Waals surface area contributed by atoms with Gasteiger partial charge in [0.1, 0.15) is 16.4 Å². The summed E-state index contributed by atoms with van der Waals surface area (Å²) in [6.45, 7) is 6.40. The van der Waals surface area contributed by atoms with Crippen LogP contribution in [-0.4, -0.2) is 44.1 Å². The maximum absolute atomic E-state index is 13.7. The van der Waals surface area contributed by atoms with Crippen LogP contribution in [0.15, 0.2) is 60.7 Å². The highest BCUT2D eigenvalue weighted by atomic mass is 32.1. The second kappa shape index (κ2) is 10.4. The van der Waals surface area contributed by atoms with Crippen LogP contribution in [0.1, 0.15) is 31.9 Å². The smallest absolute Gasteiger partial charge is 0.207 e. The van der Waals surface area contributed by atoms with Crippen molar-refractivity contribution in [2.75, 3.05) is 33.4 Å². The molecule has 0 saturated carbocycles. The molecule has 36 heavy (non-hydrogen) atoms. The average molecular weight is 504 g/mol. The van der Waals surface area contributed by atoms with E-state index in [1.807, 2.05) is 62.4 Å². The Morgan fingerprint density at radius 2 is 1.78 bits per heavy atom. The van der Waals surface area contributed by atoms with E-state index in [1.54, 1.807) is 7.11 Å². The molecule has 6 heteroatoms. The maximum atomic E-state index is 13.7. The lowest BCUT2D eigenvalue weighted by Crippen LogP contribution is -2.48. The van der Waals surface area contributed by atoms with Gasteiger partial charge < -0.3 is 14.4 Å². The number of likely N-dealkylation sites (tertiary alicyclic amines) is 1. The van der Waals surface area contributed by atoms with E-state index in [0.717, 1.165) is 53.0 Å². The van der Waals surface area contributed by atoms with Crippen LogP contribution < -0.4 is 9.47 Å². The molecular formula is C30H30FNO3S. The molecule has 1 aliphatic rings. The van der Waals surface area contributed by atoms with Crippen molar-refractivity contribution in [3.63, 3.8) is 0 Å².